The normalized spacial score (nSPS) is 27.0. The first-order valence-corrected chi connectivity index (χ1v) is 3.78. The van der Waals surface area contributed by atoms with Crippen LogP contribution >= 0.6 is 0 Å². The molecule has 0 saturated carbocycles. The molecule has 1 aliphatic heterocycles. The second-order valence-electron chi connectivity index (χ2n) is 3.94. The van der Waals surface area contributed by atoms with Crippen LogP contribution in [0.15, 0.2) is 0 Å². The second kappa shape index (κ2) is 1.98. The van der Waals surface area contributed by atoms with Crippen molar-refractivity contribution in [3.8, 4) is 0 Å². The van der Waals surface area contributed by atoms with E-state index in [1.807, 2.05) is 0 Å². The topological polar surface area (TPSA) is 21.9 Å². The molecule has 0 bridgehead atoms. The van der Waals surface area contributed by atoms with E-state index in [2.05, 4.69) is 33.0 Å². The first-order chi connectivity index (χ1) is 4.05. The molecule has 0 aromatic carbocycles. The van der Waals surface area contributed by atoms with Crippen molar-refractivity contribution in [2.75, 3.05) is 6.54 Å². The van der Waals surface area contributed by atoms with Gasteiger partial charge in [0.05, 0.1) is 0 Å². The van der Waals surface area contributed by atoms with Gasteiger partial charge in [-0.2, -0.15) is 0 Å². The van der Waals surface area contributed by atoms with Gasteiger partial charge in [-0.3, -0.25) is 0 Å². The van der Waals surface area contributed by atoms with Gasteiger partial charge >= 0.3 is 0 Å². The third kappa shape index (κ3) is 1.26. The van der Waals surface area contributed by atoms with Crippen molar-refractivity contribution in [3.05, 3.63) is 0 Å². The molecule has 0 amide bonds. The molecule has 54 valence electrons. The van der Waals surface area contributed by atoms with Gasteiger partial charge in [0, 0.05) is 12.6 Å². The zero-order chi connectivity index (χ0) is 7.07. The summed E-state index contributed by atoms with van der Waals surface area (Å²) in [5.41, 5.74) is 0.500. The van der Waals surface area contributed by atoms with Crippen molar-refractivity contribution < 1.29 is 0 Å². The van der Waals surface area contributed by atoms with E-state index >= 15 is 0 Å². The highest BCUT2D eigenvalue weighted by molar-refractivity contribution is 4.97. The summed E-state index contributed by atoms with van der Waals surface area (Å²) in [5, 5.41) is 3.36. The summed E-state index contributed by atoms with van der Waals surface area (Å²) < 4.78 is 0. The molecular formula is C8H17N. The van der Waals surface area contributed by atoms with Gasteiger partial charge in [-0.05, 0) is 11.3 Å². The highest BCUT2D eigenvalue weighted by Crippen LogP contribution is 2.34. The monoisotopic (exact) mass is 127 g/mol. The second-order valence-corrected chi connectivity index (χ2v) is 3.94. The predicted molar refractivity (Wildman–Crippen MR) is 40.4 cm³/mol. The number of hydrogen-bond acceptors (Lipinski definition) is 1. The number of hydrogen-bond donors (Lipinski definition) is 1. The fourth-order valence-corrected chi connectivity index (χ4v) is 0.987. The SMILES string of the molecule is CC(C)C(C)(C)C1CN1. The van der Waals surface area contributed by atoms with Crippen molar-refractivity contribution in [3.63, 3.8) is 0 Å². The Hall–Kier alpha value is -0.0400. The maximum atomic E-state index is 3.36. The quantitative estimate of drug-likeness (QED) is 0.560. The third-order valence-corrected chi connectivity index (χ3v) is 2.79. The average molecular weight is 127 g/mol. The summed E-state index contributed by atoms with van der Waals surface area (Å²) in [6.07, 6.45) is 0. The van der Waals surface area contributed by atoms with Gasteiger partial charge in [0.2, 0.25) is 0 Å². The van der Waals surface area contributed by atoms with Gasteiger partial charge < -0.3 is 5.32 Å². The Bertz CT molecular complexity index is 97.1. The maximum Gasteiger partial charge on any atom is 0.0246 e. The van der Waals surface area contributed by atoms with Gasteiger partial charge in [-0.1, -0.05) is 27.7 Å². The molecule has 1 unspecified atom stereocenters. The summed E-state index contributed by atoms with van der Waals surface area (Å²) in [5.74, 6) is 0.789. The van der Waals surface area contributed by atoms with E-state index in [1.165, 1.54) is 6.54 Å². The van der Waals surface area contributed by atoms with E-state index in [0.29, 0.717) is 5.41 Å². The molecular weight excluding hydrogens is 110 g/mol. The molecule has 0 spiro atoms. The van der Waals surface area contributed by atoms with E-state index in [4.69, 9.17) is 0 Å². The molecule has 1 aliphatic rings. The third-order valence-electron chi connectivity index (χ3n) is 2.79. The van der Waals surface area contributed by atoms with Gasteiger partial charge in [0.1, 0.15) is 0 Å². The first-order valence-electron chi connectivity index (χ1n) is 3.78. The Morgan fingerprint density at radius 3 is 2.00 bits per heavy atom. The molecule has 1 atom stereocenters. The Labute approximate surface area is 57.8 Å². The zero-order valence-corrected chi connectivity index (χ0v) is 6.86. The fourth-order valence-electron chi connectivity index (χ4n) is 0.987. The molecule has 1 nitrogen and oxygen atoms in total. The Morgan fingerprint density at radius 2 is 1.89 bits per heavy atom. The summed E-state index contributed by atoms with van der Waals surface area (Å²) in [6.45, 7) is 10.5. The molecule has 0 aromatic rings. The lowest BCUT2D eigenvalue weighted by atomic mass is 9.78. The van der Waals surface area contributed by atoms with Crippen LogP contribution in [0.3, 0.4) is 0 Å². The highest BCUT2D eigenvalue weighted by atomic mass is 15.1. The van der Waals surface area contributed by atoms with Gasteiger partial charge in [-0.25, -0.2) is 0 Å². The molecule has 1 rings (SSSR count). The minimum absolute atomic E-state index is 0.500. The largest absolute Gasteiger partial charge is 0.311 e. The van der Waals surface area contributed by atoms with E-state index < -0.39 is 0 Å². The van der Waals surface area contributed by atoms with Gasteiger partial charge in [0.15, 0.2) is 0 Å². The van der Waals surface area contributed by atoms with Crippen molar-refractivity contribution in [2.45, 2.75) is 33.7 Å². The summed E-state index contributed by atoms with van der Waals surface area (Å²) in [7, 11) is 0. The minimum Gasteiger partial charge on any atom is -0.311 e. The maximum absolute atomic E-state index is 3.36. The summed E-state index contributed by atoms with van der Waals surface area (Å²) in [6, 6.07) is 0.789. The van der Waals surface area contributed by atoms with Crippen molar-refractivity contribution in [1.82, 2.24) is 5.32 Å². The lowest BCUT2D eigenvalue weighted by molar-refractivity contribution is 0.244. The van der Waals surface area contributed by atoms with Crippen LogP contribution in [-0.4, -0.2) is 12.6 Å². The van der Waals surface area contributed by atoms with E-state index in [1.54, 1.807) is 0 Å². The van der Waals surface area contributed by atoms with E-state index in [-0.39, 0.29) is 0 Å². The van der Waals surface area contributed by atoms with Crippen LogP contribution in [0.5, 0.6) is 0 Å². The van der Waals surface area contributed by atoms with Crippen LogP contribution in [0.25, 0.3) is 0 Å². The molecule has 1 heteroatoms. The molecule has 0 radical (unpaired) electrons. The molecule has 1 fully saturated rings. The van der Waals surface area contributed by atoms with E-state index in [0.717, 1.165) is 12.0 Å². The van der Waals surface area contributed by atoms with Crippen LogP contribution < -0.4 is 5.32 Å². The van der Waals surface area contributed by atoms with Crippen LogP contribution in [-0.2, 0) is 0 Å². The molecule has 1 saturated heterocycles. The van der Waals surface area contributed by atoms with Crippen LogP contribution in [0.1, 0.15) is 27.7 Å². The molecule has 1 heterocycles. The Kier molecular flexibility index (Phi) is 1.55. The first kappa shape index (κ1) is 7.07. The highest BCUT2D eigenvalue weighted by Gasteiger charge is 2.39. The van der Waals surface area contributed by atoms with Crippen molar-refractivity contribution in [2.24, 2.45) is 11.3 Å². The van der Waals surface area contributed by atoms with Crippen molar-refractivity contribution >= 4 is 0 Å². The van der Waals surface area contributed by atoms with Crippen molar-refractivity contribution in [1.29, 1.82) is 0 Å². The Balaban J connectivity index is 2.48. The number of nitrogens with one attached hydrogen (secondary N) is 1. The lowest BCUT2D eigenvalue weighted by Gasteiger charge is -2.27. The van der Waals surface area contributed by atoms with Gasteiger partial charge in [0.25, 0.3) is 0 Å². The van der Waals surface area contributed by atoms with E-state index in [9.17, 15) is 0 Å². The summed E-state index contributed by atoms with van der Waals surface area (Å²) >= 11 is 0. The molecule has 0 aliphatic carbocycles. The lowest BCUT2D eigenvalue weighted by Crippen LogP contribution is -2.27. The van der Waals surface area contributed by atoms with Gasteiger partial charge in [-0.15, -0.1) is 0 Å². The fraction of sp³-hybridized carbons (Fsp3) is 1.00. The van der Waals surface area contributed by atoms with Crippen LogP contribution in [0.4, 0.5) is 0 Å². The van der Waals surface area contributed by atoms with Crippen LogP contribution in [0, 0.1) is 11.3 Å². The molecule has 1 N–H and O–H groups in total. The zero-order valence-electron chi connectivity index (χ0n) is 6.86. The average Bonchev–Trinajstić information content (AvgIpc) is 2.42. The Morgan fingerprint density at radius 1 is 1.44 bits per heavy atom. The predicted octanol–water partition coefficient (Wildman–Crippen LogP) is 1.64. The minimum atomic E-state index is 0.500. The molecule has 0 aromatic heterocycles. The standard InChI is InChI=1S/C8H17N/c1-6(2)8(3,4)7-5-9-7/h6-7,9H,5H2,1-4H3. The summed E-state index contributed by atoms with van der Waals surface area (Å²) in [4.78, 5) is 0. The molecule has 9 heavy (non-hydrogen) atoms. The number of rotatable bonds is 2. The van der Waals surface area contributed by atoms with Crippen LogP contribution in [0.2, 0.25) is 0 Å². The smallest absolute Gasteiger partial charge is 0.0246 e.